The molecule has 5 heteroatoms. The van der Waals surface area contributed by atoms with Gasteiger partial charge in [-0.2, -0.15) is 0 Å². The number of aromatic hydroxyl groups is 1. The van der Waals surface area contributed by atoms with Gasteiger partial charge in [-0.3, -0.25) is 0 Å². The van der Waals surface area contributed by atoms with E-state index in [9.17, 15) is 5.11 Å². The fourth-order valence-electron chi connectivity index (χ4n) is 6.14. The summed E-state index contributed by atoms with van der Waals surface area (Å²) in [6, 6.07) is 26.6. The number of benzene rings is 4. The van der Waals surface area contributed by atoms with Crippen molar-refractivity contribution in [3.63, 3.8) is 0 Å². The number of hydrogen-bond acceptors (Lipinski definition) is 4. The van der Waals surface area contributed by atoms with Gasteiger partial charge >= 0.3 is 0 Å². The lowest BCUT2D eigenvalue weighted by Crippen LogP contribution is -2.50. The van der Waals surface area contributed by atoms with E-state index < -0.39 is 8.32 Å². The Morgan fingerprint density at radius 2 is 1.33 bits per heavy atom. The van der Waals surface area contributed by atoms with Crippen molar-refractivity contribution in [2.75, 3.05) is 13.9 Å². The molecule has 0 aromatic heterocycles. The maximum Gasteiger partial charge on any atom is 0.258 e. The molecule has 39 heavy (non-hydrogen) atoms. The van der Waals surface area contributed by atoms with E-state index in [2.05, 4.69) is 90.1 Å². The van der Waals surface area contributed by atoms with Crippen molar-refractivity contribution in [1.29, 1.82) is 0 Å². The molecule has 0 fully saturated rings. The molecule has 0 aliphatic rings. The summed E-state index contributed by atoms with van der Waals surface area (Å²) in [5.41, 5.74) is 6.30. The first-order chi connectivity index (χ1) is 18.6. The lowest BCUT2D eigenvalue weighted by atomic mass is 9.90. The summed E-state index contributed by atoms with van der Waals surface area (Å²) >= 11 is 0. The van der Waals surface area contributed by atoms with Crippen LogP contribution in [-0.4, -0.2) is 27.3 Å². The van der Waals surface area contributed by atoms with E-state index in [0.717, 1.165) is 39.8 Å². The molecule has 4 aromatic carbocycles. The molecule has 206 valence electrons. The zero-order valence-electron chi connectivity index (χ0n) is 24.3. The highest BCUT2D eigenvalue weighted by Crippen LogP contribution is 2.43. The maximum atomic E-state index is 10.1. The minimum atomic E-state index is -2.01. The summed E-state index contributed by atoms with van der Waals surface area (Å²) in [7, 11) is -0.395. The van der Waals surface area contributed by atoms with Crippen LogP contribution in [0.1, 0.15) is 52.7 Å². The average Bonchev–Trinajstić information content (AvgIpc) is 2.91. The Kier molecular flexibility index (Phi) is 9.03. The van der Waals surface area contributed by atoms with Gasteiger partial charge in [0.1, 0.15) is 17.2 Å². The number of phenols is 1. The molecular formula is C34H42O4Si. The molecule has 4 nitrogen and oxygen atoms in total. The Morgan fingerprint density at radius 3 is 1.92 bits per heavy atom. The highest BCUT2D eigenvalue weighted by atomic mass is 28.4. The lowest BCUT2D eigenvalue weighted by Gasteiger charge is -2.42. The molecule has 0 unspecified atom stereocenters. The Labute approximate surface area is 234 Å². The largest absolute Gasteiger partial charge is 0.543 e. The van der Waals surface area contributed by atoms with E-state index in [-0.39, 0.29) is 12.5 Å². The van der Waals surface area contributed by atoms with Gasteiger partial charge in [-0.15, -0.1) is 0 Å². The monoisotopic (exact) mass is 542 g/mol. The van der Waals surface area contributed by atoms with Crippen LogP contribution in [-0.2, 0) is 11.2 Å². The number of fused-ring (bicyclic) bond motifs is 1. The fourth-order valence-corrected chi connectivity index (χ4v) is 11.4. The molecule has 1 N–H and O–H groups in total. The smallest absolute Gasteiger partial charge is 0.258 e. The Bertz CT molecular complexity index is 1350. The quantitative estimate of drug-likeness (QED) is 0.151. The van der Waals surface area contributed by atoms with Gasteiger partial charge in [-0.1, -0.05) is 84.0 Å². The molecule has 0 aliphatic heterocycles. The molecule has 0 amide bonds. The van der Waals surface area contributed by atoms with Crippen LogP contribution in [0.5, 0.6) is 17.2 Å². The lowest BCUT2D eigenvalue weighted by molar-refractivity contribution is 0.0511. The minimum absolute atomic E-state index is 0.221. The molecule has 0 radical (unpaired) electrons. The van der Waals surface area contributed by atoms with Crippen LogP contribution >= 0.6 is 0 Å². The van der Waals surface area contributed by atoms with E-state index in [1.54, 1.807) is 13.2 Å². The first-order valence-electron chi connectivity index (χ1n) is 13.9. The number of ether oxygens (including phenoxy) is 2. The minimum Gasteiger partial charge on any atom is -0.543 e. The SMILES string of the molecule is COCOc1ccc(-c2ccc3cc(O)ccc3c2Cc2ccc(O[Si](C(C)C)(C(C)C)C(C)C)cc2)cc1. The third-order valence-electron chi connectivity index (χ3n) is 7.93. The van der Waals surface area contributed by atoms with Crippen molar-refractivity contribution in [2.24, 2.45) is 0 Å². The van der Waals surface area contributed by atoms with Gasteiger partial charge in [-0.25, -0.2) is 0 Å². The second-order valence-electron chi connectivity index (χ2n) is 11.3. The normalized spacial score (nSPS) is 12.1. The van der Waals surface area contributed by atoms with Crippen molar-refractivity contribution in [3.8, 4) is 28.4 Å². The van der Waals surface area contributed by atoms with Crippen molar-refractivity contribution >= 4 is 19.1 Å². The van der Waals surface area contributed by atoms with E-state index in [0.29, 0.717) is 16.6 Å². The summed E-state index contributed by atoms with van der Waals surface area (Å²) in [5.74, 6) is 2.01. The topological polar surface area (TPSA) is 47.9 Å². The van der Waals surface area contributed by atoms with Crippen LogP contribution < -0.4 is 9.16 Å². The van der Waals surface area contributed by atoms with E-state index >= 15 is 0 Å². The zero-order chi connectivity index (χ0) is 28.2. The van der Waals surface area contributed by atoms with Crippen LogP contribution in [0.3, 0.4) is 0 Å². The van der Waals surface area contributed by atoms with Crippen LogP contribution in [0.2, 0.25) is 16.6 Å². The Balaban J connectivity index is 1.69. The predicted molar refractivity (Wildman–Crippen MR) is 164 cm³/mol. The highest BCUT2D eigenvalue weighted by molar-refractivity contribution is 6.78. The third kappa shape index (κ3) is 6.15. The van der Waals surface area contributed by atoms with Gasteiger partial charge in [0.15, 0.2) is 6.79 Å². The Morgan fingerprint density at radius 1 is 0.718 bits per heavy atom. The molecule has 0 aliphatic carbocycles. The predicted octanol–water partition coefficient (Wildman–Crippen LogP) is 9.34. The van der Waals surface area contributed by atoms with Gasteiger partial charge in [0.2, 0.25) is 0 Å². The van der Waals surface area contributed by atoms with Crippen LogP contribution in [0.4, 0.5) is 0 Å². The van der Waals surface area contributed by atoms with E-state index in [1.807, 2.05) is 24.3 Å². The van der Waals surface area contributed by atoms with Gasteiger partial charge in [0, 0.05) is 7.11 Å². The molecule has 0 saturated heterocycles. The third-order valence-corrected chi connectivity index (χ3v) is 13.9. The molecule has 0 heterocycles. The Hall–Kier alpha value is -3.28. The standard InChI is InChI=1S/C34H42O4Si/c1-23(2)39(24(3)4,25(5)6)38-31-14-8-26(9-15-31)20-34-32(18-12-28-21-29(35)13-19-33(28)34)27-10-16-30(17-11-27)37-22-36-7/h8-19,21,23-25,35H,20,22H2,1-7H3. The molecule has 0 atom stereocenters. The second kappa shape index (κ2) is 12.3. The molecule has 4 aromatic rings. The highest BCUT2D eigenvalue weighted by Gasteiger charge is 2.46. The molecule has 4 rings (SSSR count). The maximum absolute atomic E-state index is 10.1. The summed E-state index contributed by atoms with van der Waals surface area (Å²) in [5, 5.41) is 12.3. The van der Waals surface area contributed by atoms with Gasteiger partial charge in [-0.05, 0) is 92.5 Å². The molecular weight excluding hydrogens is 500 g/mol. The van der Waals surface area contributed by atoms with Crippen molar-refractivity contribution in [2.45, 2.75) is 64.6 Å². The van der Waals surface area contributed by atoms with Gasteiger partial charge in [0.25, 0.3) is 8.32 Å². The van der Waals surface area contributed by atoms with Crippen molar-refractivity contribution in [1.82, 2.24) is 0 Å². The summed E-state index contributed by atoms with van der Waals surface area (Å²) < 4.78 is 17.5. The van der Waals surface area contributed by atoms with Crippen molar-refractivity contribution in [3.05, 3.63) is 90.0 Å². The molecule has 0 bridgehead atoms. The second-order valence-corrected chi connectivity index (χ2v) is 16.7. The number of rotatable bonds is 11. The zero-order valence-corrected chi connectivity index (χ0v) is 25.3. The van der Waals surface area contributed by atoms with Gasteiger partial charge < -0.3 is 19.0 Å². The first-order valence-corrected chi connectivity index (χ1v) is 16.0. The van der Waals surface area contributed by atoms with Crippen LogP contribution in [0.25, 0.3) is 21.9 Å². The number of hydrogen-bond donors (Lipinski definition) is 1. The van der Waals surface area contributed by atoms with Crippen molar-refractivity contribution < 1.29 is 19.0 Å². The summed E-state index contributed by atoms with van der Waals surface area (Å²) in [6.07, 6.45) is 0.765. The van der Waals surface area contributed by atoms with Crippen LogP contribution in [0.15, 0.2) is 78.9 Å². The summed E-state index contributed by atoms with van der Waals surface area (Å²) in [6.45, 7) is 14.1. The molecule has 0 saturated carbocycles. The number of methoxy groups -OCH3 is 1. The average molecular weight is 543 g/mol. The van der Waals surface area contributed by atoms with E-state index in [4.69, 9.17) is 13.9 Å². The first kappa shape index (κ1) is 28.7. The van der Waals surface area contributed by atoms with Crippen LogP contribution in [0, 0.1) is 0 Å². The molecule has 0 spiro atoms. The summed E-state index contributed by atoms with van der Waals surface area (Å²) in [4.78, 5) is 0. The number of phenolic OH excluding ortho intramolecular Hbond substituents is 1. The van der Waals surface area contributed by atoms with Gasteiger partial charge in [0.05, 0.1) is 0 Å². The van der Waals surface area contributed by atoms with E-state index in [1.165, 1.54) is 11.1 Å². The fraction of sp³-hybridized carbons (Fsp3) is 0.353.